The Morgan fingerprint density at radius 2 is 2.05 bits per heavy atom. The molecule has 0 spiro atoms. The Hall–Kier alpha value is -1.26. The Labute approximate surface area is 122 Å². The van der Waals surface area contributed by atoms with Crippen LogP contribution in [0.5, 0.6) is 11.5 Å². The normalized spacial score (nSPS) is 14.6. The number of benzene rings is 1. The lowest BCUT2D eigenvalue weighted by Crippen LogP contribution is -2.33. The summed E-state index contributed by atoms with van der Waals surface area (Å²) in [4.78, 5) is 2.55. The van der Waals surface area contributed by atoms with E-state index in [-0.39, 0.29) is 0 Å². The Morgan fingerprint density at radius 1 is 1.25 bits per heavy atom. The van der Waals surface area contributed by atoms with E-state index in [0.717, 1.165) is 43.7 Å². The number of hydrogen-bond acceptors (Lipinski definition) is 4. The summed E-state index contributed by atoms with van der Waals surface area (Å²) in [5.74, 6) is 1.71. The van der Waals surface area contributed by atoms with Gasteiger partial charge in [0.15, 0.2) is 0 Å². The lowest BCUT2D eigenvalue weighted by molar-refractivity contribution is 0.276. The first-order chi connectivity index (χ1) is 9.78. The van der Waals surface area contributed by atoms with Crippen molar-refractivity contribution in [1.29, 1.82) is 0 Å². The molecule has 0 heterocycles. The second-order valence-corrected chi connectivity index (χ2v) is 5.21. The Kier molecular flexibility index (Phi) is 5.68. The lowest BCUT2D eigenvalue weighted by Gasteiger charge is -2.20. The highest BCUT2D eigenvalue weighted by atomic mass is 16.5. The van der Waals surface area contributed by atoms with Crippen molar-refractivity contribution < 1.29 is 9.47 Å². The van der Waals surface area contributed by atoms with Gasteiger partial charge in [0.05, 0.1) is 14.2 Å². The number of likely N-dealkylation sites (N-methyl/N-ethyl adjacent to an activating group) is 1. The number of rotatable bonds is 9. The SMILES string of the molecule is CCN(CCNCc1ccc(OC)cc1OC)C1CC1. The van der Waals surface area contributed by atoms with Crippen molar-refractivity contribution in [3.05, 3.63) is 23.8 Å². The predicted molar refractivity (Wildman–Crippen MR) is 81.5 cm³/mol. The molecule has 0 aromatic heterocycles. The molecular formula is C16H26N2O2. The van der Waals surface area contributed by atoms with Gasteiger partial charge in [0.25, 0.3) is 0 Å². The van der Waals surface area contributed by atoms with E-state index in [1.807, 2.05) is 12.1 Å². The monoisotopic (exact) mass is 278 g/mol. The molecule has 0 unspecified atom stereocenters. The van der Waals surface area contributed by atoms with Gasteiger partial charge < -0.3 is 14.8 Å². The van der Waals surface area contributed by atoms with Crippen LogP contribution in [0, 0.1) is 0 Å². The number of methoxy groups -OCH3 is 2. The van der Waals surface area contributed by atoms with Crippen molar-refractivity contribution >= 4 is 0 Å². The van der Waals surface area contributed by atoms with Crippen molar-refractivity contribution in [1.82, 2.24) is 10.2 Å². The van der Waals surface area contributed by atoms with E-state index >= 15 is 0 Å². The minimum Gasteiger partial charge on any atom is -0.497 e. The van der Waals surface area contributed by atoms with Crippen LogP contribution in [-0.2, 0) is 6.54 Å². The Morgan fingerprint density at radius 3 is 2.65 bits per heavy atom. The van der Waals surface area contributed by atoms with E-state index in [2.05, 4.69) is 23.2 Å². The number of nitrogens with one attached hydrogen (secondary N) is 1. The highest BCUT2D eigenvalue weighted by Gasteiger charge is 2.26. The number of ether oxygens (including phenoxy) is 2. The largest absolute Gasteiger partial charge is 0.497 e. The first-order valence-electron chi connectivity index (χ1n) is 7.44. The molecule has 1 aliphatic rings. The van der Waals surface area contributed by atoms with Crippen LogP contribution in [0.4, 0.5) is 0 Å². The minimum atomic E-state index is 0.829. The molecule has 112 valence electrons. The summed E-state index contributed by atoms with van der Waals surface area (Å²) in [6.45, 7) is 6.36. The lowest BCUT2D eigenvalue weighted by atomic mass is 10.2. The van der Waals surface area contributed by atoms with Gasteiger partial charge in [-0.05, 0) is 25.5 Å². The molecule has 0 amide bonds. The van der Waals surface area contributed by atoms with Crippen molar-refractivity contribution in [2.45, 2.75) is 32.4 Å². The van der Waals surface area contributed by atoms with Gasteiger partial charge in [0.2, 0.25) is 0 Å². The third-order valence-corrected chi connectivity index (χ3v) is 3.85. The van der Waals surface area contributed by atoms with E-state index in [0.29, 0.717) is 0 Å². The van der Waals surface area contributed by atoms with E-state index < -0.39 is 0 Å². The van der Waals surface area contributed by atoms with Gasteiger partial charge in [0.1, 0.15) is 11.5 Å². The van der Waals surface area contributed by atoms with Gasteiger partial charge in [-0.25, -0.2) is 0 Å². The summed E-state index contributed by atoms with van der Waals surface area (Å²) in [6, 6.07) is 6.81. The topological polar surface area (TPSA) is 33.7 Å². The highest BCUT2D eigenvalue weighted by Crippen LogP contribution is 2.26. The second kappa shape index (κ2) is 7.50. The minimum absolute atomic E-state index is 0.829. The molecule has 2 rings (SSSR count). The fourth-order valence-corrected chi connectivity index (χ4v) is 2.48. The summed E-state index contributed by atoms with van der Waals surface area (Å²) in [5, 5.41) is 3.50. The molecule has 4 heteroatoms. The van der Waals surface area contributed by atoms with Gasteiger partial charge in [0, 0.05) is 37.3 Å². The molecule has 1 aromatic rings. The van der Waals surface area contributed by atoms with E-state index in [4.69, 9.17) is 9.47 Å². The quantitative estimate of drug-likeness (QED) is 0.703. The van der Waals surface area contributed by atoms with Crippen LogP contribution in [0.1, 0.15) is 25.3 Å². The van der Waals surface area contributed by atoms with Gasteiger partial charge in [-0.1, -0.05) is 13.0 Å². The van der Waals surface area contributed by atoms with E-state index in [1.54, 1.807) is 14.2 Å². The summed E-state index contributed by atoms with van der Waals surface area (Å²) in [5.41, 5.74) is 1.17. The van der Waals surface area contributed by atoms with E-state index in [1.165, 1.54) is 18.4 Å². The molecule has 4 nitrogen and oxygen atoms in total. The maximum atomic E-state index is 5.40. The first-order valence-corrected chi connectivity index (χ1v) is 7.44. The van der Waals surface area contributed by atoms with Crippen LogP contribution in [0.3, 0.4) is 0 Å². The second-order valence-electron chi connectivity index (χ2n) is 5.21. The van der Waals surface area contributed by atoms with Gasteiger partial charge >= 0.3 is 0 Å². The third-order valence-electron chi connectivity index (χ3n) is 3.85. The fraction of sp³-hybridized carbons (Fsp3) is 0.625. The molecular weight excluding hydrogens is 252 g/mol. The van der Waals surface area contributed by atoms with Gasteiger partial charge in [-0.3, -0.25) is 4.90 Å². The standard InChI is InChI=1S/C16H26N2O2/c1-4-18(14-6-7-14)10-9-17-12-13-5-8-15(19-2)11-16(13)20-3/h5,8,11,14,17H,4,6-7,9-10,12H2,1-3H3. The van der Waals surface area contributed by atoms with Crippen LogP contribution in [0.15, 0.2) is 18.2 Å². The van der Waals surface area contributed by atoms with E-state index in [9.17, 15) is 0 Å². The first kappa shape index (κ1) is 15.1. The zero-order chi connectivity index (χ0) is 14.4. The molecule has 1 fully saturated rings. The van der Waals surface area contributed by atoms with Gasteiger partial charge in [-0.2, -0.15) is 0 Å². The molecule has 0 atom stereocenters. The summed E-state index contributed by atoms with van der Waals surface area (Å²) in [6.07, 6.45) is 2.75. The molecule has 0 saturated heterocycles. The summed E-state index contributed by atoms with van der Waals surface area (Å²) >= 11 is 0. The van der Waals surface area contributed by atoms with Crippen LogP contribution < -0.4 is 14.8 Å². The van der Waals surface area contributed by atoms with Crippen LogP contribution in [0.2, 0.25) is 0 Å². The molecule has 1 aliphatic carbocycles. The molecule has 0 aliphatic heterocycles. The average Bonchev–Trinajstić information content (AvgIpc) is 3.32. The smallest absolute Gasteiger partial charge is 0.127 e. The van der Waals surface area contributed by atoms with Crippen LogP contribution >= 0.6 is 0 Å². The average molecular weight is 278 g/mol. The molecule has 0 bridgehead atoms. The van der Waals surface area contributed by atoms with Gasteiger partial charge in [-0.15, -0.1) is 0 Å². The molecule has 1 saturated carbocycles. The van der Waals surface area contributed by atoms with Crippen molar-refractivity contribution in [3.8, 4) is 11.5 Å². The van der Waals surface area contributed by atoms with Crippen molar-refractivity contribution in [2.24, 2.45) is 0 Å². The van der Waals surface area contributed by atoms with Crippen molar-refractivity contribution in [2.75, 3.05) is 33.9 Å². The molecule has 20 heavy (non-hydrogen) atoms. The predicted octanol–water partition coefficient (Wildman–Crippen LogP) is 2.28. The Bertz CT molecular complexity index is 419. The molecule has 0 radical (unpaired) electrons. The zero-order valence-corrected chi connectivity index (χ0v) is 12.8. The maximum absolute atomic E-state index is 5.40. The Balaban J connectivity index is 1.78. The molecule has 1 aromatic carbocycles. The maximum Gasteiger partial charge on any atom is 0.127 e. The molecule has 1 N–H and O–H groups in total. The summed E-state index contributed by atoms with van der Waals surface area (Å²) in [7, 11) is 3.37. The fourth-order valence-electron chi connectivity index (χ4n) is 2.48. The third kappa shape index (κ3) is 4.12. The number of nitrogens with zero attached hydrogens (tertiary/aromatic N) is 1. The number of hydrogen-bond donors (Lipinski definition) is 1. The van der Waals surface area contributed by atoms with Crippen molar-refractivity contribution in [3.63, 3.8) is 0 Å². The highest BCUT2D eigenvalue weighted by molar-refractivity contribution is 5.40. The zero-order valence-electron chi connectivity index (χ0n) is 12.8. The summed E-state index contributed by atoms with van der Waals surface area (Å²) < 4.78 is 10.6. The van der Waals surface area contributed by atoms with Crippen LogP contribution in [-0.4, -0.2) is 44.8 Å². The van der Waals surface area contributed by atoms with Crippen LogP contribution in [0.25, 0.3) is 0 Å².